The molecule has 0 spiro atoms. The van der Waals surface area contributed by atoms with Gasteiger partial charge in [0.05, 0.1) is 26.4 Å². The summed E-state index contributed by atoms with van der Waals surface area (Å²) in [6, 6.07) is 3.24. The highest BCUT2D eigenvalue weighted by Gasteiger charge is 2.07. The van der Waals surface area contributed by atoms with Crippen molar-refractivity contribution in [1.82, 2.24) is 10.6 Å². The Morgan fingerprint density at radius 3 is 2.52 bits per heavy atom. The van der Waals surface area contributed by atoms with E-state index in [1.54, 1.807) is 19.2 Å². The van der Waals surface area contributed by atoms with Gasteiger partial charge in [0.25, 0.3) is 5.91 Å². The van der Waals surface area contributed by atoms with Crippen molar-refractivity contribution in [2.75, 3.05) is 40.0 Å². The number of hydrogen-bond donors (Lipinski definition) is 3. The first kappa shape index (κ1) is 23.7. The van der Waals surface area contributed by atoms with Gasteiger partial charge in [0.15, 0.2) is 11.7 Å². The van der Waals surface area contributed by atoms with Crippen LogP contribution in [0.15, 0.2) is 21.5 Å². The van der Waals surface area contributed by atoms with E-state index in [0.29, 0.717) is 44.6 Å². The van der Waals surface area contributed by atoms with E-state index in [4.69, 9.17) is 19.6 Å². The van der Waals surface area contributed by atoms with E-state index in [1.807, 2.05) is 0 Å². The monoisotopic (exact) mass is 468 g/mol. The van der Waals surface area contributed by atoms with Crippen LogP contribution in [0.25, 0.3) is 0 Å². The van der Waals surface area contributed by atoms with Crippen LogP contribution in [-0.2, 0) is 16.0 Å². The van der Waals surface area contributed by atoms with Crippen molar-refractivity contribution in [3.63, 3.8) is 0 Å². The summed E-state index contributed by atoms with van der Waals surface area (Å²) < 4.78 is 16.1. The molecule has 0 atom stereocenters. The molecule has 1 heterocycles. The number of primary amides is 1. The van der Waals surface area contributed by atoms with Gasteiger partial charge >= 0.3 is 0 Å². The minimum atomic E-state index is -0.584. The minimum absolute atomic E-state index is 0. The highest BCUT2D eigenvalue weighted by Crippen LogP contribution is 2.06. The van der Waals surface area contributed by atoms with E-state index in [1.165, 1.54) is 0 Å². The molecule has 0 aromatic carbocycles. The van der Waals surface area contributed by atoms with Gasteiger partial charge in [0.1, 0.15) is 5.76 Å². The van der Waals surface area contributed by atoms with Gasteiger partial charge in [-0.15, -0.1) is 24.0 Å². The van der Waals surface area contributed by atoms with E-state index in [-0.39, 0.29) is 29.7 Å². The lowest BCUT2D eigenvalue weighted by Gasteiger charge is -2.11. The number of halogens is 1. The maximum atomic E-state index is 11.0. The molecule has 144 valence electrons. The molecule has 0 fully saturated rings. The van der Waals surface area contributed by atoms with Crippen molar-refractivity contribution < 1.29 is 18.7 Å². The molecular formula is C16H29IN4O4. The normalized spacial score (nSPS) is 11.0. The molecule has 0 unspecified atom stereocenters. The van der Waals surface area contributed by atoms with Crippen molar-refractivity contribution in [3.05, 3.63) is 23.7 Å². The molecule has 9 heteroatoms. The predicted molar refractivity (Wildman–Crippen MR) is 107 cm³/mol. The van der Waals surface area contributed by atoms with Gasteiger partial charge in [-0.3, -0.25) is 9.79 Å². The molecule has 1 amide bonds. The maximum absolute atomic E-state index is 11.0. The number of carbonyl (C=O) groups excluding carboxylic acids is 1. The summed E-state index contributed by atoms with van der Waals surface area (Å²) in [7, 11) is 1.68. The SMILES string of the molecule is CCCCOCCOCCNC(=NC)NCc1ccc(C(N)=O)o1.I. The number of nitrogens with two attached hydrogens (primary N) is 1. The zero-order valence-corrected chi connectivity index (χ0v) is 17.2. The summed E-state index contributed by atoms with van der Waals surface area (Å²) in [5.74, 6) is 0.783. The number of carbonyl (C=O) groups is 1. The molecule has 0 saturated heterocycles. The average Bonchev–Trinajstić information content (AvgIpc) is 3.05. The van der Waals surface area contributed by atoms with Gasteiger partial charge in [-0.25, -0.2) is 0 Å². The summed E-state index contributed by atoms with van der Waals surface area (Å²) in [4.78, 5) is 15.1. The van der Waals surface area contributed by atoms with Gasteiger partial charge < -0.3 is 30.3 Å². The Morgan fingerprint density at radius 1 is 1.20 bits per heavy atom. The van der Waals surface area contributed by atoms with Crippen LogP contribution in [0.2, 0.25) is 0 Å². The van der Waals surface area contributed by atoms with Crippen LogP contribution < -0.4 is 16.4 Å². The Bertz CT molecular complexity index is 508. The number of nitrogens with zero attached hydrogens (tertiary/aromatic N) is 1. The first-order valence-electron chi connectivity index (χ1n) is 8.16. The topological polar surface area (TPSA) is 111 Å². The molecule has 0 radical (unpaired) electrons. The first-order chi connectivity index (χ1) is 11.7. The summed E-state index contributed by atoms with van der Waals surface area (Å²) >= 11 is 0. The second kappa shape index (κ2) is 15.0. The number of guanidine groups is 1. The number of aliphatic imine (C=N–C) groups is 1. The van der Waals surface area contributed by atoms with Crippen LogP contribution >= 0.6 is 24.0 Å². The van der Waals surface area contributed by atoms with Crippen LogP contribution in [0.3, 0.4) is 0 Å². The largest absolute Gasteiger partial charge is 0.454 e. The third-order valence-corrected chi connectivity index (χ3v) is 3.11. The van der Waals surface area contributed by atoms with E-state index in [9.17, 15) is 4.79 Å². The van der Waals surface area contributed by atoms with Gasteiger partial charge in [-0.1, -0.05) is 13.3 Å². The molecule has 0 aliphatic heterocycles. The lowest BCUT2D eigenvalue weighted by atomic mass is 10.4. The van der Waals surface area contributed by atoms with Crippen LogP contribution in [0.1, 0.15) is 36.1 Å². The number of hydrogen-bond acceptors (Lipinski definition) is 5. The predicted octanol–water partition coefficient (Wildman–Crippen LogP) is 1.49. The standard InChI is InChI=1S/C16H28N4O4.HI/c1-3-4-8-22-10-11-23-9-7-19-16(18-2)20-12-13-5-6-14(24-13)15(17)21;/h5-6H,3-4,7-12H2,1-2H3,(H2,17,21)(H2,18,19,20);1H. The molecule has 0 bridgehead atoms. The van der Waals surface area contributed by atoms with Crippen LogP contribution in [0.5, 0.6) is 0 Å². The zero-order chi connectivity index (χ0) is 17.6. The van der Waals surface area contributed by atoms with Crippen molar-refractivity contribution in [2.24, 2.45) is 10.7 Å². The van der Waals surface area contributed by atoms with Crippen molar-refractivity contribution in [1.29, 1.82) is 0 Å². The van der Waals surface area contributed by atoms with Gasteiger partial charge in [0, 0.05) is 20.2 Å². The Kier molecular flexibility index (Phi) is 14.2. The van der Waals surface area contributed by atoms with Crippen molar-refractivity contribution in [2.45, 2.75) is 26.3 Å². The highest BCUT2D eigenvalue weighted by molar-refractivity contribution is 14.0. The van der Waals surface area contributed by atoms with E-state index < -0.39 is 5.91 Å². The zero-order valence-electron chi connectivity index (χ0n) is 14.9. The maximum Gasteiger partial charge on any atom is 0.284 e. The summed E-state index contributed by atoms with van der Waals surface area (Å²) in [5, 5.41) is 6.20. The molecule has 0 saturated carbocycles. The third kappa shape index (κ3) is 11.0. The molecule has 0 aliphatic rings. The smallest absolute Gasteiger partial charge is 0.284 e. The van der Waals surface area contributed by atoms with E-state index >= 15 is 0 Å². The second-order valence-electron chi connectivity index (χ2n) is 5.06. The van der Waals surface area contributed by atoms with Crippen molar-refractivity contribution in [3.8, 4) is 0 Å². The fourth-order valence-electron chi connectivity index (χ4n) is 1.81. The Morgan fingerprint density at radius 2 is 1.92 bits per heavy atom. The number of unbranched alkanes of at least 4 members (excludes halogenated alkanes) is 1. The lowest BCUT2D eigenvalue weighted by molar-refractivity contribution is 0.0487. The Hall–Kier alpha value is -1.33. The Labute approximate surface area is 165 Å². The fraction of sp³-hybridized carbons (Fsp3) is 0.625. The van der Waals surface area contributed by atoms with Gasteiger partial charge in [0.2, 0.25) is 0 Å². The van der Waals surface area contributed by atoms with Crippen LogP contribution in [0.4, 0.5) is 0 Å². The van der Waals surface area contributed by atoms with Crippen molar-refractivity contribution >= 4 is 35.8 Å². The lowest BCUT2D eigenvalue weighted by Crippen LogP contribution is -2.38. The first-order valence-corrected chi connectivity index (χ1v) is 8.16. The molecule has 0 aliphatic carbocycles. The molecule has 1 aromatic heterocycles. The van der Waals surface area contributed by atoms with Gasteiger partial charge in [-0.05, 0) is 18.6 Å². The van der Waals surface area contributed by atoms with Gasteiger partial charge in [-0.2, -0.15) is 0 Å². The third-order valence-electron chi connectivity index (χ3n) is 3.11. The summed E-state index contributed by atoms with van der Waals surface area (Å²) in [6.45, 7) is 5.71. The molecule has 1 rings (SSSR count). The fourth-order valence-corrected chi connectivity index (χ4v) is 1.81. The average molecular weight is 468 g/mol. The Balaban J connectivity index is 0.00000576. The molecule has 8 nitrogen and oxygen atoms in total. The van der Waals surface area contributed by atoms with Crippen LogP contribution in [0, 0.1) is 0 Å². The molecule has 4 N–H and O–H groups in total. The van der Waals surface area contributed by atoms with E-state index in [2.05, 4.69) is 22.5 Å². The molecule has 25 heavy (non-hydrogen) atoms. The summed E-state index contributed by atoms with van der Waals surface area (Å²) in [6.07, 6.45) is 2.22. The number of amides is 1. The number of nitrogens with one attached hydrogen (secondary N) is 2. The highest BCUT2D eigenvalue weighted by atomic mass is 127. The molecule has 1 aromatic rings. The van der Waals surface area contributed by atoms with Crippen LogP contribution in [-0.4, -0.2) is 51.9 Å². The number of ether oxygens (including phenoxy) is 2. The van der Waals surface area contributed by atoms with E-state index in [0.717, 1.165) is 19.4 Å². The second-order valence-corrected chi connectivity index (χ2v) is 5.06. The number of rotatable bonds is 12. The molecular weight excluding hydrogens is 439 g/mol. The quantitative estimate of drug-likeness (QED) is 0.186. The minimum Gasteiger partial charge on any atom is -0.454 e. The summed E-state index contributed by atoms with van der Waals surface area (Å²) in [5.41, 5.74) is 5.14. The number of furan rings is 1.